The fraction of sp³-hybridized carbons (Fsp3) is 0.795. The van der Waals surface area contributed by atoms with Crippen molar-refractivity contribution in [3.8, 4) is 0 Å². The minimum absolute atomic E-state index is 0.0499. The van der Waals surface area contributed by atoms with E-state index >= 15 is 0 Å². The van der Waals surface area contributed by atoms with Crippen LogP contribution in [0.1, 0.15) is 158 Å². The Bertz CT molecular complexity index is 1400. The van der Waals surface area contributed by atoms with Crippen molar-refractivity contribution in [3.05, 3.63) is 45.6 Å². The molecule has 274 valence electrons. The summed E-state index contributed by atoms with van der Waals surface area (Å²) in [5.74, 6) is 1.78. The molecule has 0 aromatic rings. The fourth-order valence-electron chi connectivity index (χ4n) is 12.6. The molecule has 6 aliphatic rings. The van der Waals surface area contributed by atoms with E-state index in [2.05, 4.69) is 67.5 Å². The number of esters is 1. The summed E-state index contributed by atoms with van der Waals surface area (Å²) in [4.78, 5) is 19.2. The van der Waals surface area contributed by atoms with E-state index < -0.39 is 17.6 Å². The van der Waals surface area contributed by atoms with Crippen LogP contribution in [-0.4, -0.2) is 35.1 Å². The highest BCUT2D eigenvalue weighted by Gasteiger charge is 2.58. The Morgan fingerprint density at radius 3 is 1.86 bits per heavy atom. The summed E-state index contributed by atoms with van der Waals surface area (Å²) in [5.41, 5.74) is 8.92. The van der Waals surface area contributed by atoms with E-state index in [1.54, 1.807) is 33.4 Å². The largest absolute Gasteiger partial charge is 0.465 e. The van der Waals surface area contributed by atoms with E-state index in [4.69, 9.17) is 9.62 Å². The van der Waals surface area contributed by atoms with Gasteiger partial charge >= 0.3 is 5.97 Å². The van der Waals surface area contributed by atoms with Gasteiger partial charge in [0.1, 0.15) is 6.10 Å². The summed E-state index contributed by atoms with van der Waals surface area (Å²) in [5, 5.41) is 21.7. The third-order valence-corrected chi connectivity index (χ3v) is 15.5. The number of fused-ring (bicyclic) bond motifs is 4. The van der Waals surface area contributed by atoms with Crippen molar-refractivity contribution < 1.29 is 24.8 Å². The van der Waals surface area contributed by atoms with Crippen LogP contribution in [0.25, 0.3) is 0 Å². The lowest BCUT2D eigenvalue weighted by atomic mass is 9.47. The molecule has 0 saturated heterocycles. The molecule has 0 bridgehead atoms. The molecule has 0 spiro atoms. The topological polar surface area (TPSA) is 76.0 Å². The molecular weight excluding hydrogens is 608 g/mol. The van der Waals surface area contributed by atoms with Crippen molar-refractivity contribution in [2.45, 2.75) is 170 Å². The van der Waals surface area contributed by atoms with Gasteiger partial charge < -0.3 is 9.84 Å². The Balaban J connectivity index is 1.08. The number of ether oxygens (including phenoxy) is 1. The molecule has 0 amide bonds. The molecule has 8 unspecified atom stereocenters. The Morgan fingerprint density at radius 1 is 0.776 bits per heavy atom. The number of carbonyl (C=O) groups is 1. The van der Waals surface area contributed by atoms with E-state index in [-0.39, 0.29) is 34.7 Å². The van der Waals surface area contributed by atoms with E-state index in [1.165, 1.54) is 6.42 Å². The molecular formula is C44H68O5. The predicted molar refractivity (Wildman–Crippen MR) is 198 cm³/mol. The van der Waals surface area contributed by atoms with Crippen LogP contribution in [0.3, 0.4) is 0 Å². The van der Waals surface area contributed by atoms with Crippen LogP contribution in [0, 0.1) is 45.3 Å². The van der Waals surface area contributed by atoms with E-state index in [0.29, 0.717) is 30.6 Å². The number of carbonyl (C=O) groups excluding carboxylic acids is 1. The lowest BCUT2D eigenvalue weighted by Gasteiger charge is -2.58. The zero-order valence-corrected chi connectivity index (χ0v) is 32.3. The summed E-state index contributed by atoms with van der Waals surface area (Å²) in [7, 11) is 0. The highest BCUT2D eigenvalue weighted by molar-refractivity contribution is 5.77. The van der Waals surface area contributed by atoms with Crippen LogP contribution in [0.5, 0.6) is 0 Å². The third-order valence-electron chi connectivity index (χ3n) is 15.5. The minimum atomic E-state index is -0.712. The molecule has 0 aromatic heterocycles. The highest BCUT2D eigenvalue weighted by Crippen LogP contribution is 2.64. The van der Waals surface area contributed by atoms with Crippen LogP contribution in [0.4, 0.5) is 0 Å². The van der Waals surface area contributed by atoms with Crippen LogP contribution >= 0.6 is 0 Å². The summed E-state index contributed by atoms with van der Waals surface area (Å²) >= 11 is 0. The van der Waals surface area contributed by atoms with Gasteiger partial charge in [-0.1, -0.05) is 95.8 Å². The number of hydrogen-bond acceptors (Lipinski definition) is 5. The second-order valence-electron chi connectivity index (χ2n) is 18.8. The van der Waals surface area contributed by atoms with Crippen molar-refractivity contribution in [2.75, 3.05) is 6.61 Å². The van der Waals surface area contributed by atoms with Crippen LogP contribution in [-0.2, 0) is 14.4 Å². The second kappa shape index (κ2) is 14.0. The zero-order valence-electron chi connectivity index (χ0n) is 32.3. The van der Waals surface area contributed by atoms with Gasteiger partial charge in [0, 0.05) is 18.3 Å². The fourth-order valence-corrected chi connectivity index (χ4v) is 12.6. The van der Waals surface area contributed by atoms with Gasteiger partial charge in [0.2, 0.25) is 0 Å². The maximum atomic E-state index is 13.9. The van der Waals surface area contributed by atoms with Gasteiger partial charge in [0.15, 0.2) is 0 Å². The molecule has 49 heavy (non-hydrogen) atoms. The molecule has 0 aromatic carbocycles. The second-order valence-corrected chi connectivity index (χ2v) is 18.8. The van der Waals surface area contributed by atoms with Gasteiger partial charge in [0.25, 0.3) is 0 Å². The molecule has 2 fully saturated rings. The van der Waals surface area contributed by atoms with Crippen molar-refractivity contribution in [1.82, 2.24) is 0 Å². The van der Waals surface area contributed by atoms with E-state index in [9.17, 15) is 15.2 Å². The average molecular weight is 677 g/mol. The summed E-state index contributed by atoms with van der Waals surface area (Å²) < 4.78 is 6.06. The minimum Gasteiger partial charge on any atom is -0.465 e. The average Bonchev–Trinajstić information content (AvgIpc) is 3.06. The predicted octanol–water partition coefficient (Wildman–Crippen LogP) is 11.1. The van der Waals surface area contributed by atoms with Gasteiger partial charge in [-0.15, -0.1) is 0 Å². The smallest absolute Gasteiger partial charge is 0.312 e. The van der Waals surface area contributed by atoms with Crippen molar-refractivity contribution in [2.24, 2.45) is 45.3 Å². The van der Waals surface area contributed by atoms with E-state index in [0.717, 1.165) is 83.5 Å². The van der Waals surface area contributed by atoms with Gasteiger partial charge in [-0.3, -0.25) is 10.1 Å². The van der Waals surface area contributed by atoms with Gasteiger partial charge in [-0.2, -0.15) is 0 Å². The molecule has 2 saturated carbocycles. The maximum absolute atomic E-state index is 13.9. The molecule has 5 nitrogen and oxygen atoms in total. The van der Waals surface area contributed by atoms with E-state index in [1.807, 2.05) is 0 Å². The number of aliphatic hydroxyl groups is 1. The maximum Gasteiger partial charge on any atom is 0.312 e. The van der Waals surface area contributed by atoms with Crippen LogP contribution < -0.4 is 0 Å². The Hall–Kier alpha value is -1.69. The highest BCUT2D eigenvalue weighted by atomic mass is 17.1. The quantitative estimate of drug-likeness (QED) is 0.137. The molecule has 5 heteroatoms. The third kappa shape index (κ3) is 6.50. The zero-order chi connectivity index (χ0) is 35.4. The summed E-state index contributed by atoms with van der Waals surface area (Å²) in [6, 6.07) is 0. The molecule has 0 heterocycles. The number of allylic oxidation sites excluding steroid dienone is 8. The van der Waals surface area contributed by atoms with Crippen LogP contribution in [0.2, 0.25) is 0 Å². The number of aliphatic hydroxyl groups excluding tert-OH is 1. The first-order valence-electron chi connectivity index (χ1n) is 20.2. The van der Waals surface area contributed by atoms with Crippen molar-refractivity contribution in [3.63, 3.8) is 0 Å². The first kappa shape index (κ1) is 37.1. The van der Waals surface area contributed by atoms with Crippen molar-refractivity contribution in [1.29, 1.82) is 0 Å². The van der Waals surface area contributed by atoms with Crippen molar-refractivity contribution >= 4 is 5.97 Å². The standard InChI is InChI=1S/C44H68O5/c1-28(2)30-11-15-35-32(25-30)13-17-37-41(35,5)20-9-22-43(37,7)39(49-47)27-34(45)19-24-48-40(46)44(8)23-10-21-42(6)36-16-12-31(29(3)4)26-33(36)14-18-38(42)44/h25-26,28-29,34,37-39,45,47H,9-24,27H2,1-8H3. The SMILES string of the molecule is CC(C)C1=CC2=C(CC1)C1(C)CCCC(C)(C(=O)OCCC(O)CC(OO)C3(C)CCCC4(C)C5=C(C=C(C(C)C)CC5)CCC43)C1CC2. The lowest BCUT2D eigenvalue weighted by molar-refractivity contribution is -0.320. The summed E-state index contributed by atoms with van der Waals surface area (Å²) in [6.07, 6.45) is 19.7. The van der Waals surface area contributed by atoms with Gasteiger partial charge in [-0.25, -0.2) is 4.89 Å². The van der Waals surface area contributed by atoms with Gasteiger partial charge in [-0.05, 0) is 130 Å². The molecule has 0 aliphatic heterocycles. The number of rotatable bonds is 10. The van der Waals surface area contributed by atoms with Crippen LogP contribution in [0.15, 0.2) is 45.6 Å². The Morgan fingerprint density at radius 2 is 1.31 bits per heavy atom. The first-order chi connectivity index (χ1) is 23.2. The number of hydrogen-bond donors (Lipinski definition) is 2. The monoisotopic (exact) mass is 677 g/mol. The Labute approximate surface area is 298 Å². The molecule has 8 atom stereocenters. The first-order valence-corrected chi connectivity index (χ1v) is 20.2. The molecule has 6 aliphatic carbocycles. The Kier molecular flexibility index (Phi) is 10.6. The lowest BCUT2D eigenvalue weighted by Crippen LogP contribution is -2.53. The summed E-state index contributed by atoms with van der Waals surface area (Å²) in [6.45, 7) is 18.8. The molecule has 6 rings (SSSR count). The molecule has 2 N–H and O–H groups in total. The molecule has 0 radical (unpaired) electrons. The van der Waals surface area contributed by atoms with Gasteiger partial charge in [0.05, 0.1) is 18.1 Å². The normalized spacial score (nSPS) is 37.5.